The summed E-state index contributed by atoms with van der Waals surface area (Å²) < 4.78 is 6.52. The molecule has 0 saturated heterocycles. The van der Waals surface area contributed by atoms with E-state index in [2.05, 4.69) is 39.8 Å². The summed E-state index contributed by atoms with van der Waals surface area (Å²) in [5.41, 5.74) is 0. The maximum Gasteiger partial charge on any atom is 0.0996 e. The molecule has 0 spiro atoms. The van der Waals surface area contributed by atoms with E-state index in [1.54, 1.807) is 0 Å². The molecule has 0 aromatic carbocycles. The third-order valence-electron chi connectivity index (χ3n) is 5.68. The van der Waals surface area contributed by atoms with Crippen LogP contribution in [-0.4, -0.2) is 0 Å². The Morgan fingerprint density at radius 2 is 0.793 bits per heavy atom. The Hall–Kier alpha value is -0.720. The molecule has 0 saturated carbocycles. The summed E-state index contributed by atoms with van der Waals surface area (Å²) in [4.78, 5) is 0. The Morgan fingerprint density at radius 1 is 0.448 bits per heavy atom. The third kappa shape index (κ3) is 20.3. The van der Waals surface area contributed by atoms with Crippen molar-refractivity contribution in [2.45, 2.75) is 156 Å². The van der Waals surface area contributed by atoms with Gasteiger partial charge in [-0.3, -0.25) is 0 Å². The fraction of sp³-hybridized carbons (Fsp3) is 0.857. The number of hydrogen-bond acceptors (Lipinski definition) is 1. The molecule has 1 nitrogen and oxygen atoms in total. The van der Waals surface area contributed by atoms with E-state index in [-0.39, 0.29) is 0 Å². The maximum absolute atomic E-state index is 6.52. The molecule has 0 rings (SSSR count). The normalized spacial score (nSPS) is 12.6. The highest BCUT2D eigenvalue weighted by Crippen LogP contribution is 2.22. The molecule has 0 atom stereocenters. The Kier molecular flexibility index (Phi) is 23.0. The lowest BCUT2D eigenvalue weighted by Gasteiger charge is -2.15. The molecule has 172 valence electrons. The van der Waals surface area contributed by atoms with Gasteiger partial charge in [0.2, 0.25) is 0 Å². The van der Waals surface area contributed by atoms with Gasteiger partial charge in [0, 0.05) is 12.8 Å². The van der Waals surface area contributed by atoms with Crippen molar-refractivity contribution < 1.29 is 4.74 Å². The number of ether oxygens (including phenoxy) is 1. The Bertz CT molecular complexity index is 344. The van der Waals surface area contributed by atoms with Gasteiger partial charge in [0.25, 0.3) is 0 Å². The van der Waals surface area contributed by atoms with Crippen molar-refractivity contribution in [1.29, 1.82) is 0 Å². The first-order chi connectivity index (χ1) is 14.3. The topological polar surface area (TPSA) is 9.23 Å². The molecule has 0 aliphatic rings. The fourth-order valence-electron chi connectivity index (χ4n) is 3.65. The first-order valence-corrected chi connectivity index (χ1v) is 13.3. The zero-order valence-corrected chi connectivity index (χ0v) is 20.7. The van der Waals surface area contributed by atoms with Gasteiger partial charge in [-0.2, -0.15) is 0 Å². The quantitative estimate of drug-likeness (QED) is 0.128. The van der Waals surface area contributed by atoms with Gasteiger partial charge in [-0.1, -0.05) is 105 Å². The minimum Gasteiger partial charge on any atom is -0.467 e. The van der Waals surface area contributed by atoms with Crippen molar-refractivity contribution in [2.24, 2.45) is 0 Å². The van der Waals surface area contributed by atoms with Crippen LogP contribution in [0.15, 0.2) is 23.7 Å². The van der Waals surface area contributed by atoms with E-state index in [0.717, 1.165) is 12.8 Å². The van der Waals surface area contributed by atoms with Crippen LogP contribution in [0.25, 0.3) is 0 Å². The van der Waals surface area contributed by atoms with Gasteiger partial charge in [-0.25, -0.2) is 0 Å². The van der Waals surface area contributed by atoms with Crippen molar-refractivity contribution in [3.63, 3.8) is 0 Å². The van der Waals surface area contributed by atoms with E-state index < -0.39 is 0 Å². The van der Waals surface area contributed by atoms with E-state index in [0.29, 0.717) is 0 Å². The highest BCUT2D eigenvalue weighted by atomic mass is 16.5. The fourth-order valence-corrected chi connectivity index (χ4v) is 3.65. The van der Waals surface area contributed by atoms with E-state index in [9.17, 15) is 0 Å². The van der Waals surface area contributed by atoms with Gasteiger partial charge in [0.15, 0.2) is 0 Å². The lowest BCUT2D eigenvalue weighted by molar-refractivity contribution is 0.266. The van der Waals surface area contributed by atoms with Crippen LogP contribution < -0.4 is 0 Å². The lowest BCUT2D eigenvalue weighted by Crippen LogP contribution is -1.96. The molecule has 1 heteroatoms. The average Bonchev–Trinajstić information content (AvgIpc) is 2.72. The van der Waals surface area contributed by atoms with Gasteiger partial charge in [0.1, 0.15) is 0 Å². The first kappa shape index (κ1) is 28.3. The van der Waals surface area contributed by atoms with Crippen LogP contribution in [0.1, 0.15) is 156 Å². The molecule has 0 aliphatic heterocycles. The summed E-state index contributed by atoms with van der Waals surface area (Å²) >= 11 is 0. The standard InChI is InChI=1S/C28H54O/c1-5-9-13-15-17-21-25-27(23-19-11-7-3)29-28(24-20-12-8-4)26-22-18-16-14-10-6-2/h23-24H,5-22,25-26H2,1-4H3. The second kappa shape index (κ2) is 23.6. The maximum atomic E-state index is 6.52. The molecule has 29 heavy (non-hydrogen) atoms. The van der Waals surface area contributed by atoms with Gasteiger partial charge in [-0.05, 0) is 50.7 Å². The Balaban J connectivity index is 4.57. The first-order valence-electron chi connectivity index (χ1n) is 13.3. The molecule has 0 unspecified atom stereocenters. The number of unbranched alkanes of at least 4 members (excludes halogenated alkanes) is 14. The van der Waals surface area contributed by atoms with Crippen LogP contribution >= 0.6 is 0 Å². The molecule has 0 amide bonds. The Labute approximate surface area is 184 Å². The summed E-state index contributed by atoms with van der Waals surface area (Å²) in [6, 6.07) is 0. The van der Waals surface area contributed by atoms with Crippen molar-refractivity contribution in [3.05, 3.63) is 23.7 Å². The minimum atomic E-state index is 1.12. The molecule has 0 aromatic rings. The van der Waals surface area contributed by atoms with E-state index in [1.165, 1.54) is 127 Å². The van der Waals surface area contributed by atoms with E-state index >= 15 is 0 Å². The lowest BCUT2D eigenvalue weighted by atomic mass is 10.1. The van der Waals surface area contributed by atoms with Crippen LogP contribution in [0.2, 0.25) is 0 Å². The van der Waals surface area contributed by atoms with Crippen LogP contribution in [-0.2, 0) is 4.74 Å². The highest BCUT2D eigenvalue weighted by molar-refractivity contribution is 5.02. The van der Waals surface area contributed by atoms with Crippen molar-refractivity contribution >= 4 is 0 Å². The largest absolute Gasteiger partial charge is 0.467 e. The van der Waals surface area contributed by atoms with Crippen LogP contribution in [0.3, 0.4) is 0 Å². The van der Waals surface area contributed by atoms with E-state index in [4.69, 9.17) is 4.74 Å². The monoisotopic (exact) mass is 406 g/mol. The van der Waals surface area contributed by atoms with Gasteiger partial charge >= 0.3 is 0 Å². The zero-order chi connectivity index (χ0) is 21.4. The zero-order valence-electron chi connectivity index (χ0n) is 20.7. The van der Waals surface area contributed by atoms with Crippen molar-refractivity contribution in [2.75, 3.05) is 0 Å². The van der Waals surface area contributed by atoms with Crippen LogP contribution in [0.4, 0.5) is 0 Å². The van der Waals surface area contributed by atoms with Crippen LogP contribution in [0, 0.1) is 0 Å². The van der Waals surface area contributed by atoms with Gasteiger partial charge in [0.05, 0.1) is 11.5 Å². The average molecular weight is 407 g/mol. The summed E-state index contributed by atoms with van der Waals surface area (Å²) in [5.74, 6) is 2.50. The summed E-state index contributed by atoms with van der Waals surface area (Å²) in [7, 11) is 0. The van der Waals surface area contributed by atoms with Crippen molar-refractivity contribution in [3.8, 4) is 0 Å². The smallest absolute Gasteiger partial charge is 0.0996 e. The molecule has 0 heterocycles. The Morgan fingerprint density at radius 3 is 1.17 bits per heavy atom. The van der Waals surface area contributed by atoms with Crippen LogP contribution in [0.5, 0.6) is 0 Å². The van der Waals surface area contributed by atoms with Gasteiger partial charge in [-0.15, -0.1) is 0 Å². The molecular formula is C28H54O. The predicted molar refractivity (Wildman–Crippen MR) is 132 cm³/mol. The molecule has 0 aliphatic carbocycles. The molecule has 0 N–H and O–H groups in total. The third-order valence-corrected chi connectivity index (χ3v) is 5.68. The molecule has 0 radical (unpaired) electrons. The molecule has 0 fully saturated rings. The number of hydrogen-bond donors (Lipinski definition) is 0. The highest BCUT2D eigenvalue weighted by Gasteiger charge is 2.05. The predicted octanol–water partition coefficient (Wildman–Crippen LogP) is 10.7. The van der Waals surface area contributed by atoms with Gasteiger partial charge < -0.3 is 4.74 Å². The SMILES string of the molecule is CCCCC=C(CCCCCCCC)OC(=CCCCC)CCCCCCCC. The molecule has 0 bridgehead atoms. The number of rotatable bonds is 22. The summed E-state index contributed by atoms with van der Waals surface area (Å²) in [6.45, 7) is 9.13. The molecule has 0 aromatic heterocycles. The second-order valence-electron chi connectivity index (χ2n) is 8.76. The molecular weight excluding hydrogens is 352 g/mol. The summed E-state index contributed by atoms with van der Waals surface area (Å²) in [6.07, 6.45) is 30.7. The number of allylic oxidation sites excluding steroid dienone is 4. The van der Waals surface area contributed by atoms with Crippen molar-refractivity contribution in [1.82, 2.24) is 0 Å². The second-order valence-corrected chi connectivity index (χ2v) is 8.76. The minimum absolute atomic E-state index is 1.12. The van der Waals surface area contributed by atoms with E-state index in [1.807, 2.05) is 0 Å². The summed E-state index contributed by atoms with van der Waals surface area (Å²) in [5, 5.41) is 0.